The van der Waals surface area contributed by atoms with Gasteiger partial charge in [0.15, 0.2) is 6.29 Å². The van der Waals surface area contributed by atoms with E-state index in [1.54, 1.807) is 0 Å². The Morgan fingerprint density at radius 1 is 0.952 bits per heavy atom. The molecule has 0 amide bonds. The zero-order valence-corrected chi connectivity index (χ0v) is 12.1. The lowest BCUT2D eigenvalue weighted by atomic mass is 9.97. The third kappa shape index (κ3) is 3.32. The van der Waals surface area contributed by atoms with Gasteiger partial charge in [-0.2, -0.15) is 0 Å². The van der Waals surface area contributed by atoms with E-state index in [9.17, 15) is 0 Å². The molecule has 0 spiro atoms. The number of hydrogen-bond acceptors (Lipinski definition) is 3. The summed E-state index contributed by atoms with van der Waals surface area (Å²) in [6, 6.07) is 17.0. The molecule has 2 aromatic rings. The van der Waals surface area contributed by atoms with E-state index in [-0.39, 0.29) is 6.29 Å². The van der Waals surface area contributed by atoms with Crippen molar-refractivity contribution in [3.8, 4) is 11.1 Å². The standard InChI is InChI=1S/C18H21NO2/c19-11-3-4-14-7-9-15(10-8-14)16-5-1-2-6-17(16)18-20-12-13-21-18/h1-2,5-10,18H,3-4,11-13,19H2. The van der Waals surface area contributed by atoms with Gasteiger partial charge >= 0.3 is 0 Å². The molecular weight excluding hydrogens is 262 g/mol. The van der Waals surface area contributed by atoms with Gasteiger partial charge in [0.2, 0.25) is 0 Å². The lowest BCUT2D eigenvalue weighted by molar-refractivity contribution is -0.0436. The van der Waals surface area contributed by atoms with E-state index in [1.807, 2.05) is 6.07 Å². The van der Waals surface area contributed by atoms with Crippen LogP contribution in [0, 0.1) is 0 Å². The summed E-state index contributed by atoms with van der Waals surface area (Å²) in [5, 5.41) is 0. The van der Waals surface area contributed by atoms with Crippen LogP contribution >= 0.6 is 0 Å². The molecule has 3 heteroatoms. The number of ether oxygens (including phenoxy) is 2. The molecule has 0 atom stereocenters. The fourth-order valence-corrected chi connectivity index (χ4v) is 2.66. The molecule has 0 unspecified atom stereocenters. The highest BCUT2D eigenvalue weighted by molar-refractivity contribution is 5.68. The van der Waals surface area contributed by atoms with Crippen molar-refractivity contribution in [2.45, 2.75) is 19.1 Å². The summed E-state index contributed by atoms with van der Waals surface area (Å²) in [6.07, 6.45) is 1.82. The predicted molar refractivity (Wildman–Crippen MR) is 83.9 cm³/mol. The van der Waals surface area contributed by atoms with Crippen molar-refractivity contribution in [3.05, 3.63) is 59.7 Å². The van der Waals surface area contributed by atoms with E-state index in [4.69, 9.17) is 15.2 Å². The van der Waals surface area contributed by atoms with Crippen LogP contribution in [0.5, 0.6) is 0 Å². The van der Waals surface area contributed by atoms with Crippen LogP contribution in [0.4, 0.5) is 0 Å². The third-order valence-corrected chi connectivity index (χ3v) is 3.77. The van der Waals surface area contributed by atoms with Gasteiger partial charge in [-0.3, -0.25) is 0 Å². The molecule has 1 heterocycles. The monoisotopic (exact) mass is 283 g/mol. The van der Waals surface area contributed by atoms with E-state index < -0.39 is 0 Å². The van der Waals surface area contributed by atoms with Crippen molar-refractivity contribution in [3.63, 3.8) is 0 Å². The first-order valence-electron chi connectivity index (χ1n) is 7.50. The van der Waals surface area contributed by atoms with E-state index in [0.717, 1.165) is 24.9 Å². The van der Waals surface area contributed by atoms with Crippen LogP contribution in [0.1, 0.15) is 23.8 Å². The summed E-state index contributed by atoms with van der Waals surface area (Å²) in [7, 11) is 0. The first-order valence-corrected chi connectivity index (χ1v) is 7.50. The summed E-state index contributed by atoms with van der Waals surface area (Å²) in [5.74, 6) is 0. The highest BCUT2D eigenvalue weighted by Crippen LogP contribution is 2.32. The van der Waals surface area contributed by atoms with Gasteiger partial charge in [0, 0.05) is 5.56 Å². The lowest BCUT2D eigenvalue weighted by Crippen LogP contribution is -2.01. The molecule has 21 heavy (non-hydrogen) atoms. The Morgan fingerprint density at radius 3 is 2.38 bits per heavy atom. The summed E-state index contributed by atoms with van der Waals surface area (Å²) >= 11 is 0. The van der Waals surface area contributed by atoms with Gasteiger partial charge < -0.3 is 15.2 Å². The molecule has 0 aliphatic carbocycles. The van der Waals surface area contributed by atoms with Crippen LogP contribution in [-0.4, -0.2) is 19.8 Å². The highest BCUT2D eigenvalue weighted by atomic mass is 16.7. The zero-order valence-electron chi connectivity index (χ0n) is 12.1. The largest absolute Gasteiger partial charge is 0.346 e. The minimum atomic E-state index is -0.238. The molecule has 0 radical (unpaired) electrons. The van der Waals surface area contributed by atoms with E-state index in [2.05, 4.69) is 42.5 Å². The van der Waals surface area contributed by atoms with E-state index >= 15 is 0 Å². The summed E-state index contributed by atoms with van der Waals surface area (Å²) in [6.45, 7) is 2.06. The van der Waals surface area contributed by atoms with E-state index in [0.29, 0.717) is 13.2 Å². The fraction of sp³-hybridized carbons (Fsp3) is 0.333. The zero-order chi connectivity index (χ0) is 14.5. The van der Waals surface area contributed by atoms with Crippen molar-refractivity contribution in [1.29, 1.82) is 0 Å². The number of hydrogen-bond donors (Lipinski definition) is 1. The van der Waals surface area contributed by atoms with Crippen LogP contribution in [-0.2, 0) is 15.9 Å². The molecule has 1 aliphatic heterocycles. The maximum Gasteiger partial charge on any atom is 0.184 e. The smallest absolute Gasteiger partial charge is 0.184 e. The van der Waals surface area contributed by atoms with Crippen molar-refractivity contribution in [2.75, 3.05) is 19.8 Å². The number of nitrogens with two attached hydrogens (primary N) is 1. The van der Waals surface area contributed by atoms with Gasteiger partial charge in [-0.25, -0.2) is 0 Å². The minimum Gasteiger partial charge on any atom is -0.346 e. The summed E-state index contributed by atoms with van der Waals surface area (Å²) in [4.78, 5) is 0. The second kappa shape index (κ2) is 6.85. The summed E-state index contributed by atoms with van der Waals surface area (Å²) < 4.78 is 11.3. The van der Waals surface area contributed by atoms with Gasteiger partial charge in [-0.05, 0) is 36.1 Å². The Hall–Kier alpha value is -1.68. The topological polar surface area (TPSA) is 44.5 Å². The second-order valence-electron chi connectivity index (χ2n) is 5.25. The summed E-state index contributed by atoms with van der Waals surface area (Å²) in [5.41, 5.74) is 10.4. The van der Waals surface area contributed by atoms with Crippen LogP contribution < -0.4 is 5.73 Å². The molecule has 3 rings (SSSR count). The molecule has 0 bridgehead atoms. The third-order valence-electron chi connectivity index (χ3n) is 3.77. The molecule has 1 aliphatic rings. The molecule has 1 saturated heterocycles. The Kier molecular flexibility index (Phi) is 4.65. The van der Waals surface area contributed by atoms with Gasteiger partial charge in [0.05, 0.1) is 13.2 Å². The molecular formula is C18H21NO2. The molecule has 0 aromatic heterocycles. The second-order valence-corrected chi connectivity index (χ2v) is 5.25. The molecule has 110 valence electrons. The Morgan fingerprint density at radius 2 is 1.67 bits per heavy atom. The van der Waals surface area contributed by atoms with Crippen LogP contribution in [0.25, 0.3) is 11.1 Å². The van der Waals surface area contributed by atoms with Crippen LogP contribution in [0.3, 0.4) is 0 Å². The van der Waals surface area contributed by atoms with Crippen molar-refractivity contribution < 1.29 is 9.47 Å². The minimum absolute atomic E-state index is 0.238. The Labute approximate surface area is 125 Å². The van der Waals surface area contributed by atoms with Crippen LogP contribution in [0.15, 0.2) is 48.5 Å². The van der Waals surface area contributed by atoms with Gasteiger partial charge in [-0.1, -0.05) is 48.5 Å². The average Bonchev–Trinajstić information content (AvgIpc) is 3.08. The average molecular weight is 283 g/mol. The van der Waals surface area contributed by atoms with Crippen molar-refractivity contribution in [1.82, 2.24) is 0 Å². The Bertz CT molecular complexity index is 574. The van der Waals surface area contributed by atoms with Gasteiger partial charge in [0.25, 0.3) is 0 Å². The maximum absolute atomic E-state index is 5.64. The van der Waals surface area contributed by atoms with Gasteiger partial charge in [0.1, 0.15) is 0 Å². The Balaban J connectivity index is 1.86. The fourth-order valence-electron chi connectivity index (χ4n) is 2.66. The molecule has 1 fully saturated rings. The maximum atomic E-state index is 5.64. The highest BCUT2D eigenvalue weighted by Gasteiger charge is 2.21. The molecule has 2 N–H and O–H groups in total. The predicted octanol–water partition coefficient (Wildman–Crippen LogP) is 3.29. The first-order chi connectivity index (χ1) is 10.4. The molecule has 0 saturated carbocycles. The lowest BCUT2D eigenvalue weighted by Gasteiger charge is -2.15. The number of benzene rings is 2. The van der Waals surface area contributed by atoms with Crippen molar-refractivity contribution >= 4 is 0 Å². The first kappa shape index (κ1) is 14.3. The van der Waals surface area contributed by atoms with Crippen molar-refractivity contribution in [2.24, 2.45) is 5.73 Å². The van der Waals surface area contributed by atoms with Crippen LogP contribution in [0.2, 0.25) is 0 Å². The SMILES string of the molecule is NCCCc1ccc(-c2ccccc2C2OCCO2)cc1. The molecule has 2 aromatic carbocycles. The normalized spacial score (nSPS) is 15.5. The van der Waals surface area contributed by atoms with Gasteiger partial charge in [-0.15, -0.1) is 0 Å². The quantitative estimate of drug-likeness (QED) is 0.915. The number of rotatable bonds is 5. The molecule has 3 nitrogen and oxygen atoms in total. The van der Waals surface area contributed by atoms with E-state index in [1.165, 1.54) is 16.7 Å². The number of aryl methyl sites for hydroxylation is 1.